The van der Waals surface area contributed by atoms with E-state index < -0.39 is 0 Å². The number of aromatic nitrogens is 1. The number of carbonyl (C=O) groups excluding carboxylic acids is 1. The van der Waals surface area contributed by atoms with Gasteiger partial charge in [0.1, 0.15) is 0 Å². The summed E-state index contributed by atoms with van der Waals surface area (Å²) in [5, 5.41) is 1.23. The number of nitrogens with zero attached hydrogens (tertiary/aromatic N) is 1. The third-order valence-electron chi connectivity index (χ3n) is 6.24. The Labute approximate surface area is 210 Å². The van der Waals surface area contributed by atoms with Gasteiger partial charge in [-0.25, -0.2) is 4.79 Å². The van der Waals surface area contributed by atoms with Gasteiger partial charge in [0.2, 0.25) is 0 Å². The van der Waals surface area contributed by atoms with E-state index in [1.54, 1.807) is 17.8 Å². The number of fused-ring (bicyclic) bond motifs is 1. The summed E-state index contributed by atoms with van der Waals surface area (Å²) in [6, 6.07) is 35.6. The van der Waals surface area contributed by atoms with Crippen molar-refractivity contribution in [2.24, 2.45) is 0 Å². The molecular formula is C31H27NO2S. The highest BCUT2D eigenvalue weighted by atomic mass is 32.2. The van der Waals surface area contributed by atoms with Crippen LogP contribution in [0.15, 0.2) is 113 Å². The molecule has 0 aliphatic carbocycles. The van der Waals surface area contributed by atoms with Crippen LogP contribution in [0.5, 0.6) is 0 Å². The number of ether oxygens (including phenoxy) is 1. The molecule has 5 rings (SSSR count). The van der Waals surface area contributed by atoms with Gasteiger partial charge >= 0.3 is 5.97 Å². The molecule has 0 amide bonds. The van der Waals surface area contributed by atoms with Crippen molar-refractivity contribution in [2.75, 3.05) is 7.11 Å². The number of methoxy groups -OCH3 is 1. The van der Waals surface area contributed by atoms with Crippen molar-refractivity contribution >= 4 is 28.6 Å². The lowest BCUT2D eigenvalue weighted by Gasteiger charge is -2.10. The molecule has 0 N–H and O–H groups in total. The van der Waals surface area contributed by atoms with Crippen LogP contribution in [0, 0.1) is 6.92 Å². The minimum absolute atomic E-state index is 0.318. The van der Waals surface area contributed by atoms with Crippen molar-refractivity contribution in [2.45, 2.75) is 29.7 Å². The van der Waals surface area contributed by atoms with E-state index in [2.05, 4.69) is 90.4 Å². The third kappa shape index (κ3) is 5.03. The first-order valence-electron chi connectivity index (χ1n) is 11.7. The van der Waals surface area contributed by atoms with Gasteiger partial charge in [-0.05, 0) is 54.3 Å². The molecular weight excluding hydrogens is 450 g/mol. The first kappa shape index (κ1) is 23.0. The first-order valence-corrected chi connectivity index (χ1v) is 12.5. The van der Waals surface area contributed by atoms with E-state index in [9.17, 15) is 4.79 Å². The molecule has 174 valence electrons. The van der Waals surface area contributed by atoms with E-state index in [4.69, 9.17) is 4.74 Å². The van der Waals surface area contributed by atoms with E-state index in [-0.39, 0.29) is 5.97 Å². The van der Waals surface area contributed by atoms with Crippen LogP contribution in [0.1, 0.15) is 32.7 Å². The predicted molar refractivity (Wildman–Crippen MR) is 143 cm³/mol. The fourth-order valence-corrected chi connectivity index (χ4v) is 5.56. The molecule has 0 atom stereocenters. The van der Waals surface area contributed by atoms with E-state index in [1.165, 1.54) is 45.3 Å². The van der Waals surface area contributed by atoms with Gasteiger partial charge in [0.15, 0.2) is 0 Å². The van der Waals surface area contributed by atoms with Crippen LogP contribution in [0.4, 0.5) is 0 Å². The van der Waals surface area contributed by atoms with Gasteiger partial charge in [-0.2, -0.15) is 0 Å². The van der Waals surface area contributed by atoms with Crippen LogP contribution in [0.2, 0.25) is 0 Å². The normalized spacial score (nSPS) is 11.0. The van der Waals surface area contributed by atoms with Crippen molar-refractivity contribution in [3.63, 3.8) is 0 Å². The van der Waals surface area contributed by atoms with Crippen LogP contribution < -0.4 is 0 Å². The Morgan fingerprint density at radius 1 is 0.800 bits per heavy atom. The molecule has 3 nitrogen and oxygen atoms in total. The summed E-state index contributed by atoms with van der Waals surface area (Å²) in [5.74, 6) is -0.318. The molecule has 1 heterocycles. The van der Waals surface area contributed by atoms with Crippen LogP contribution in [0.3, 0.4) is 0 Å². The van der Waals surface area contributed by atoms with Crippen molar-refractivity contribution in [1.82, 2.24) is 4.57 Å². The molecule has 5 aromatic rings. The number of hydrogen-bond acceptors (Lipinski definition) is 3. The molecule has 0 aliphatic heterocycles. The Balaban J connectivity index is 1.58. The summed E-state index contributed by atoms with van der Waals surface area (Å²) in [6.07, 6.45) is 0.899. The summed E-state index contributed by atoms with van der Waals surface area (Å²) in [5.41, 5.74) is 6.87. The average molecular weight is 478 g/mol. The highest BCUT2D eigenvalue weighted by molar-refractivity contribution is 7.99. The largest absolute Gasteiger partial charge is 0.465 e. The highest BCUT2D eigenvalue weighted by Crippen LogP contribution is 2.39. The molecule has 0 fully saturated rings. The van der Waals surface area contributed by atoms with Gasteiger partial charge in [-0.1, -0.05) is 90.6 Å². The maximum absolute atomic E-state index is 12.1. The summed E-state index contributed by atoms with van der Waals surface area (Å²) < 4.78 is 7.32. The maximum atomic E-state index is 12.1. The van der Waals surface area contributed by atoms with E-state index in [0.717, 1.165) is 17.9 Å². The number of benzene rings is 4. The van der Waals surface area contributed by atoms with Gasteiger partial charge < -0.3 is 9.30 Å². The van der Waals surface area contributed by atoms with Crippen LogP contribution >= 0.6 is 11.8 Å². The van der Waals surface area contributed by atoms with Gasteiger partial charge in [0.25, 0.3) is 0 Å². The minimum Gasteiger partial charge on any atom is -0.465 e. The fraction of sp³-hybridized carbons (Fsp3) is 0.129. The number of hydrogen-bond donors (Lipinski definition) is 0. The summed E-state index contributed by atoms with van der Waals surface area (Å²) in [4.78, 5) is 14.3. The van der Waals surface area contributed by atoms with Crippen molar-refractivity contribution in [3.05, 3.63) is 131 Å². The molecule has 0 radical (unpaired) electrons. The molecule has 4 heteroatoms. The topological polar surface area (TPSA) is 31.2 Å². The third-order valence-corrected chi connectivity index (χ3v) is 7.45. The Morgan fingerprint density at radius 3 is 2.23 bits per heavy atom. The molecule has 0 saturated carbocycles. The lowest BCUT2D eigenvalue weighted by molar-refractivity contribution is 0.0600. The molecule has 0 spiro atoms. The lowest BCUT2D eigenvalue weighted by atomic mass is 10.0. The molecule has 1 aromatic heterocycles. The Bertz CT molecular complexity index is 1470. The second-order valence-corrected chi connectivity index (χ2v) is 9.71. The lowest BCUT2D eigenvalue weighted by Crippen LogP contribution is -2.02. The maximum Gasteiger partial charge on any atom is 0.337 e. The zero-order chi connectivity index (χ0) is 24.2. The average Bonchev–Trinajstić information content (AvgIpc) is 3.15. The molecule has 0 bridgehead atoms. The molecule has 0 aliphatic rings. The Kier molecular flexibility index (Phi) is 6.73. The minimum atomic E-state index is -0.318. The second kappa shape index (κ2) is 10.2. The summed E-state index contributed by atoms with van der Waals surface area (Å²) >= 11 is 1.70. The van der Waals surface area contributed by atoms with Crippen LogP contribution in [-0.4, -0.2) is 17.6 Å². The molecule has 4 aromatic carbocycles. The smallest absolute Gasteiger partial charge is 0.337 e. The monoisotopic (exact) mass is 477 g/mol. The highest BCUT2D eigenvalue weighted by Gasteiger charge is 2.17. The number of carbonyl (C=O) groups is 1. The van der Waals surface area contributed by atoms with Crippen molar-refractivity contribution < 1.29 is 9.53 Å². The zero-order valence-corrected chi connectivity index (χ0v) is 20.7. The van der Waals surface area contributed by atoms with Gasteiger partial charge in [-0.15, -0.1) is 0 Å². The fourth-order valence-electron chi connectivity index (χ4n) is 4.45. The van der Waals surface area contributed by atoms with E-state index in [0.29, 0.717) is 5.56 Å². The van der Waals surface area contributed by atoms with Crippen LogP contribution in [0.25, 0.3) is 10.9 Å². The van der Waals surface area contributed by atoms with Gasteiger partial charge in [-0.3, -0.25) is 0 Å². The van der Waals surface area contributed by atoms with Gasteiger partial charge in [0.05, 0.1) is 12.7 Å². The zero-order valence-electron chi connectivity index (χ0n) is 19.9. The van der Waals surface area contributed by atoms with E-state index >= 15 is 0 Å². The van der Waals surface area contributed by atoms with Crippen molar-refractivity contribution in [3.8, 4) is 0 Å². The number of rotatable bonds is 7. The SMILES string of the molecule is COC(=O)c1cccc(Sc2c(C)n(Cc3ccccc3)c3cc(Cc4ccccc4)ccc23)c1. The molecule has 0 unspecified atom stereocenters. The standard InChI is InChI=1S/C31H27NO2S/c1-22-30(35-27-15-9-14-26(20-27)31(33)34-2)28-17-16-25(18-23-10-5-3-6-11-23)19-29(28)32(22)21-24-12-7-4-8-13-24/h3-17,19-20H,18,21H2,1-2H3. The van der Waals surface area contributed by atoms with Crippen LogP contribution in [-0.2, 0) is 17.7 Å². The quantitative estimate of drug-likeness (QED) is 0.227. The Hall–Kier alpha value is -3.76. The Morgan fingerprint density at radius 2 is 1.51 bits per heavy atom. The summed E-state index contributed by atoms with van der Waals surface area (Å²) in [6.45, 7) is 2.99. The molecule has 35 heavy (non-hydrogen) atoms. The molecule has 0 saturated heterocycles. The van der Waals surface area contributed by atoms with Crippen molar-refractivity contribution in [1.29, 1.82) is 0 Å². The number of esters is 1. The first-order chi connectivity index (χ1) is 17.1. The van der Waals surface area contributed by atoms with Gasteiger partial charge in [0, 0.05) is 32.9 Å². The second-order valence-electron chi connectivity index (χ2n) is 8.62. The van der Waals surface area contributed by atoms with E-state index in [1.807, 2.05) is 18.2 Å². The predicted octanol–water partition coefficient (Wildman–Crippen LogP) is 7.53. The summed E-state index contributed by atoms with van der Waals surface area (Å²) in [7, 11) is 1.41.